The second kappa shape index (κ2) is 13.9. The summed E-state index contributed by atoms with van der Waals surface area (Å²) in [5.41, 5.74) is 2.75. The molecule has 10 nitrogen and oxygen atoms in total. The maximum atomic E-state index is 14.4. The van der Waals surface area contributed by atoms with Crippen LogP contribution in [0.1, 0.15) is 30.0 Å². The quantitative estimate of drug-likeness (QED) is 0.347. The van der Waals surface area contributed by atoms with Gasteiger partial charge in [-0.25, -0.2) is 0 Å². The molecule has 11 heteroatoms. The first-order valence-electron chi connectivity index (χ1n) is 15.6. The van der Waals surface area contributed by atoms with Crippen molar-refractivity contribution in [1.29, 1.82) is 0 Å². The molecule has 3 aliphatic heterocycles. The van der Waals surface area contributed by atoms with E-state index < -0.39 is 5.54 Å². The van der Waals surface area contributed by atoms with Crippen LogP contribution >= 0.6 is 12.2 Å². The number of anilines is 2. The van der Waals surface area contributed by atoms with Crippen LogP contribution in [0.15, 0.2) is 79.1 Å². The van der Waals surface area contributed by atoms with Crippen molar-refractivity contribution in [2.75, 3.05) is 69.7 Å². The van der Waals surface area contributed by atoms with Crippen LogP contribution in [0.25, 0.3) is 0 Å². The van der Waals surface area contributed by atoms with Crippen molar-refractivity contribution in [2.24, 2.45) is 0 Å². The Kier molecular flexibility index (Phi) is 9.58. The zero-order valence-electron chi connectivity index (χ0n) is 25.7. The maximum absolute atomic E-state index is 14.4. The Morgan fingerprint density at radius 3 is 2.44 bits per heavy atom. The summed E-state index contributed by atoms with van der Waals surface area (Å²) in [6.07, 6.45) is 4.51. The van der Waals surface area contributed by atoms with E-state index in [0.717, 1.165) is 29.9 Å². The van der Waals surface area contributed by atoms with Gasteiger partial charge in [-0.15, -0.1) is 0 Å². The van der Waals surface area contributed by atoms with Crippen molar-refractivity contribution < 1.29 is 14.3 Å². The number of hydrogen-bond acceptors (Lipinski definition) is 7. The van der Waals surface area contributed by atoms with Crippen LogP contribution in [0.3, 0.4) is 0 Å². The fourth-order valence-corrected chi connectivity index (χ4v) is 6.71. The number of morpholine rings is 1. The highest BCUT2D eigenvalue weighted by molar-refractivity contribution is 7.80. The molecular formula is C34H41N7O3S. The number of hydrogen-bond donors (Lipinski definition) is 2. The van der Waals surface area contributed by atoms with E-state index >= 15 is 0 Å². The number of thiocarbonyl (C=S) groups is 1. The molecule has 2 N–H and O–H groups in total. The van der Waals surface area contributed by atoms with Crippen molar-refractivity contribution in [2.45, 2.75) is 31.0 Å². The number of likely N-dealkylation sites (tertiary alicyclic amines) is 1. The molecule has 0 bridgehead atoms. The van der Waals surface area contributed by atoms with Gasteiger partial charge in [0.15, 0.2) is 5.11 Å². The molecule has 3 fully saturated rings. The molecule has 236 valence electrons. The molecule has 2 aromatic carbocycles. The summed E-state index contributed by atoms with van der Waals surface area (Å²) in [4.78, 5) is 41.3. The van der Waals surface area contributed by atoms with Gasteiger partial charge in [-0.3, -0.25) is 14.6 Å². The van der Waals surface area contributed by atoms with Crippen molar-refractivity contribution in [3.8, 4) is 0 Å². The van der Waals surface area contributed by atoms with E-state index in [1.54, 1.807) is 17.3 Å². The van der Waals surface area contributed by atoms with E-state index in [1.807, 2.05) is 59.5 Å². The SMILES string of the molecule is CN1CCC(C(=O)Nc2ccc(N3CCOCC3)cc2)(N(Cc2cccnc2)C(=O)CN2C[C@H](c3ccccc3)NC2=S)CC1. The molecule has 0 spiro atoms. The summed E-state index contributed by atoms with van der Waals surface area (Å²) in [7, 11) is 2.05. The van der Waals surface area contributed by atoms with Crippen LogP contribution in [0, 0.1) is 0 Å². The number of ether oxygens (including phenoxy) is 1. The summed E-state index contributed by atoms with van der Waals surface area (Å²) in [6.45, 7) is 5.42. The molecule has 6 rings (SSSR count). The van der Waals surface area contributed by atoms with E-state index in [1.165, 1.54) is 0 Å². The number of carbonyl (C=O) groups is 2. The van der Waals surface area contributed by atoms with Gasteiger partial charge in [0, 0.05) is 63.0 Å². The second-order valence-electron chi connectivity index (χ2n) is 12.1. The maximum Gasteiger partial charge on any atom is 0.250 e. The minimum absolute atomic E-state index is 0.000651. The summed E-state index contributed by atoms with van der Waals surface area (Å²) in [5.74, 6) is -0.310. The second-order valence-corrected chi connectivity index (χ2v) is 12.5. The van der Waals surface area contributed by atoms with Crippen LogP contribution in [-0.2, 0) is 20.9 Å². The summed E-state index contributed by atoms with van der Waals surface area (Å²) < 4.78 is 5.49. The predicted octanol–water partition coefficient (Wildman–Crippen LogP) is 3.28. The van der Waals surface area contributed by atoms with Gasteiger partial charge < -0.3 is 35.0 Å². The number of nitrogens with one attached hydrogen (secondary N) is 2. The lowest BCUT2D eigenvalue weighted by atomic mass is 9.83. The van der Waals surface area contributed by atoms with Gasteiger partial charge in [0.2, 0.25) is 11.8 Å². The number of rotatable bonds is 9. The van der Waals surface area contributed by atoms with E-state index in [9.17, 15) is 9.59 Å². The fraction of sp³-hybridized carbons (Fsp3) is 0.412. The summed E-state index contributed by atoms with van der Waals surface area (Å²) in [5, 5.41) is 7.10. The Morgan fingerprint density at radius 2 is 1.76 bits per heavy atom. The normalized spacial score (nSPS) is 20.0. The van der Waals surface area contributed by atoms with Crippen molar-refractivity contribution >= 4 is 40.5 Å². The standard InChI is InChI=1S/C34H41N7O3S/c1-38-16-13-34(14-17-38,32(43)36-28-9-11-29(12-10-28)39-18-20-44-21-19-39)41(23-26-6-5-15-35-22-26)31(42)25-40-24-30(37-33(40)45)27-7-3-2-4-8-27/h2-12,15,22,30H,13-14,16-21,23-25H2,1H3,(H,36,43)(H,37,45)/t30-/m1/s1. The number of piperidine rings is 1. The molecule has 0 radical (unpaired) electrons. The molecule has 0 aliphatic carbocycles. The highest BCUT2D eigenvalue weighted by atomic mass is 32.1. The van der Waals surface area contributed by atoms with Crippen LogP contribution in [0.4, 0.5) is 11.4 Å². The summed E-state index contributed by atoms with van der Waals surface area (Å²) in [6, 6.07) is 21.9. The van der Waals surface area contributed by atoms with Gasteiger partial charge in [0.1, 0.15) is 5.54 Å². The van der Waals surface area contributed by atoms with E-state index in [-0.39, 0.29) is 30.9 Å². The Hall–Kier alpha value is -4.06. The van der Waals surface area contributed by atoms with Gasteiger partial charge in [0.25, 0.3) is 0 Å². The molecule has 0 unspecified atom stereocenters. The highest BCUT2D eigenvalue weighted by Crippen LogP contribution is 2.33. The van der Waals surface area contributed by atoms with Crippen LogP contribution in [0.5, 0.6) is 0 Å². The van der Waals surface area contributed by atoms with Crippen LogP contribution < -0.4 is 15.5 Å². The monoisotopic (exact) mass is 627 g/mol. The first-order chi connectivity index (χ1) is 21.9. The lowest BCUT2D eigenvalue weighted by molar-refractivity contribution is -0.149. The molecule has 3 aliphatic rings. The number of pyridine rings is 1. The molecule has 1 atom stereocenters. The molecule has 3 saturated heterocycles. The van der Waals surface area contributed by atoms with Gasteiger partial charge in [-0.1, -0.05) is 36.4 Å². The van der Waals surface area contributed by atoms with E-state index in [4.69, 9.17) is 17.0 Å². The van der Waals surface area contributed by atoms with Gasteiger partial charge in [0.05, 0.1) is 25.8 Å². The van der Waals surface area contributed by atoms with Crippen molar-refractivity contribution in [3.63, 3.8) is 0 Å². The first kappa shape index (κ1) is 30.9. The molecule has 3 aromatic rings. The average Bonchev–Trinajstić information content (AvgIpc) is 3.45. The number of benzene rings is 2. The predicted molar refractivity (Wildman–Crippen MR) is 179 cm³/mol. The first-order valence-corrected chi connectivity index (χ1v) is 16.0. The zero-order valence-corrected chi connectivity index (χ0v) is 26.5. The lowest BCUT2D eigenvalue weighted by Crippen LogP contribution is -2.64. The van der Waals surface area contributed by atoms with Crippen molar-refractivity contribution in [3.05, 3.63) is 90.3 Å². The van der Waals surface area contributed by atoms with Crippen LogP contribution in [0.2, 0.25) is 0 Å². The molecule has 45 heavy (non-hydrogen) atoms. The molecule has 1 aromatic heterocycles. The third kappa shape index (κ3) is 7.11. The highest BCUT2D eigenvalue weighted by Gasteiger charge is 2.48. The smallest absolute Gasteiger partial charge is 0.250 e. The number of amides is 2. The Bertz CT molecular complexity index is 1460. The Morgan fingerprint density at radius 1 is 1.02 bits per heavy atom. The van der Waals surface area contributed by atoms with E-state index in [0.29, 0.717) is 56.5 Å². The van der Waals surface area contributed by atoms with Gasteiger partial charge in [-0.2, -0.15) is 0 Å². The van der Waals surface area contributed by atoms with Crippen molar-refractivity contribution in [1.82, 2.24) is 25.0 Å². The van der Waals surface area contributed by atoms with Gasteiger partial charge >= 0.3 is 0 Å². The molecule has 4 heterocycles. The third-order valence-electron chi connectivity index (χ3n) is 9.14. The fourth-order valence-electron chi connectivity index (χ4n) is 6.43. The van der Waals surface area contributed by atoms with Crippen LogP contribution in [-0.4, -0.2) is 102 Å². The largest absolute Gasteiger partial charge is 0.378 e. The third-order valence-corrected chi connectivity index (χ3v) is 9.51. The lowest BCUT2D eigenvalue weighted by Gasteiger charge is -2.47. The molecule has 2 amide bonds. The number of nitrogens with zero attached hydrogens (tertiary/aromatic N) is 5. The van der Waals surface area contributed by atoms with Gasteiger partial charge in [-0.05, 0) is 73.6 Å². The number of aromatic nitrogens is 1. The minimum Gasteiger partial charge on any atom is -0.378 e. The average molecular weight is 628 g/mol. The van der Waals surface area contributed by atoms with E-state index in [2.05, 4.69) is 44.6 Å². The molecule has 0 saturated carbocycles. The Labute approximate surface area is 270 Å². The topological polar surface area (TPSA) is 93.3 Å². The zero-order chi connectivity index (χ0) is 31.2. The number of carbonyl (C=O) groups excluding carboxylic acids is 2. The Balaban J connectivity index is 1.25. The minimum atomic E-state index is -1.05. The summed E-state index contributed by atoms with van der Waals surface area (Å²) >= 11 is 5.69. The molecular weight excluding hydrogens is 586 g/mol.